The molecule has 1 aliphatic rings. The van der Waals surface area contributed by atoms with Crippen LogP contribution in [0.5, 0.6) is 0 Å². The summed E-state index contributed by atoms with van der Waals surface area (Å²) in [6, 6.07) is 9.92. The largest absolute Gasteiger partial charge is 0.323 e. The molecule has 1 N–H and O–H groups in total. The highest BCUT2D eigenvalue weighted by Gasteiger charge is 2.23. The summed E-state index contributed by atoms with van der Waals surface area (Å²) in [5.74, 6) is 1.18. The zero-order valence-electron chi connectivity index (χ0n) is 12.9. The van der Waals surface area contributed by atoms with Gasteiger partial charge in [-0.25, -0.2) is 4.68 Å². The molecule has 0 bridgehead atoms. The van der Waals surface area contributed by atoms with Gasteiger partial charge in [0.2, 0.25) is 5.91 Å². The minimum absolute atomic E-state index is 0.0339. The summed E-state index contributed by atoms with van der Waals surface area (Å²) in [6.45, 7) is 3.34. The third-order valence-corrected chi connectivity index (χ3v) is 4.47. The number of carbonyl (C=O) groups is 2. The molecule has 0 aliphatic carbocycles. The highest BCUT2D eigenvalue weighted by Crippen LogP contribution is 2.17. The lowest BCUT2D eigenvalue weighted by Gasteiger charge is -2.14. The Morgan fingerprint density at radius 1 is 1.39 bits per heavy atom. The molecule has 120 valence electrons. The van der Waals surface area contributed by atoms with Gasteiger partial charge in [0, 0.05) is 18.4 Å². The zero-order valence-corrected chi connectivity index (χ0v) is 13.7. The van der Waals surface area contributed by atoms with Crippen LogP contribution in [0, 0.1) is 6.92 Å². The van der Waals surface area contributed by atoms with Crippen LogP contribution in [0.3, 0.4) is 0 Å². The van der Waals surface area contributed by atoms with Crippen LogP contribution < -0.4 is 5.32 Å². The van der Waals surface area contributed by atoms with Gasteiger partial charge in [-0.2, -0.15) is 5.10 Å². The van der Waals surface area contributed by atoms with Gasteiger partial charge in [-0.05, 0) is 12.5 Å². The third kappa shape index (κ3) is 3.92. The molecule has 1 aromatic carbocycles. The van der Waals surface area contributed by atoms with Crippen LogP contribution in [0.1, 0.15) is 11.1 Å². The molecule has 1 saturated heterocycles. The van der Waals surface area contributed by atoms with Crippen LogP contribution in [0.15, 0.2) is 36.5 Å². The second-order valence-corrected chi connectivity index (χ2v) is 6.49. The second kappa shape index (κ2) is 6.87. The molecular formula is C16H18N4O2S. The summed E-state index contributed by atoms with van der Waals surface area (Å²) < 4.78 is 1.74. The lowest BCUT2D eigenvalue weighted by Crippen LogP contribution is -2.33. The summed E-state index contributed by atoms with van der Waals surface area (Å²) in [5.41, 5.74) is 2.31. The Labute approximate surface area is 138 Å². The molecule has 0 atom stereocenters. The van der Waals surface area contributed by atoms with Crippen LogP contribution in [-0.2, 0) is 11.3 Å². The van der Waals surface area contributed by atoms with Gasteiger partial charge in [0.15, 0.2) is 0 Å². The first kappa shape index (κ1) is 15.6. The standard InChI is InChI=1S/C16H18N4O2S/c1-12-3-2-4-13(9-12)10-20-14(5-6-17-20)18-15(21)11-19-7-8-23-16(19)22/h2-6,9H,7-8,10-11H2,1H3,(H,18,21). The van der Waals surface area contributed by atoms with Crippen molar-refractivity contribution in [3.8, 4) is 0 Å². The number of hydrogen-bond donors (Lipinski definition) is 1. The van der Waals surface area contributed by atoms with Gasteiger partial charge in [0.05, 0.1) is 12.7 Å². The number of carbonyl (C=O) groups excluding carboxylic acids is 2. The predicted octanol–water partition coefficient (Wildman–Crippen LogP) is 2.35. The molecule has 2 aromatic rings. The van der Waals surface area contributed by atoms with Gasteiger partial charge in [-0.3, -0.25) is 9.59 Å². The van der Waals surface area contributed by atoms with Gasteiger partial charge in [-0.1, -0.05) is 41.6 Å². The van der Waals surface area contributed by atoms with Crippen LogP contribution in [0.25, 0.3) is 0 Å². The van der Waals surface area contributed by atoms with Crippen LogP contribution in [0.2, 0.25) is 0 Å². The van der Waals surface area contributed by atoms with Crippen LogP contribution in [-0.4, -0.2) is 44.7 Å². The van der Waals surface area contributed by atoms with Crippen molar-refractivity contribution in [3.05, 3.63) is 47.7 Å². The van der Waals surface area contributed by atoms with E-state index >= 15 is 0 Å². The molecule has 3 rings (SSSR count). The number of nitrogens with zero attached hydrogens (tertiary/aromatic N) is 3. The molecule has 0 radical (unpaired) electrons. The number of benzene rings is 1. The average molecular weight is 330 g/mol. The smallest absolute Gasteiger partial charge is 0.282 e. The molecule has 0 saturated carbocycles. The summed E-state index contributed by atoms with van der Waals surface area (Å²) >= 11 is 1.25. The van der Waals surface area contributed by atoms with E-state index in [0.29, 0.717) is 18.9 Å². The fourth-order valence-corrected chi connectivity index (χ4v) is 3.30. The number of anilines is 1. The van der Waals surface area contributed by atoms with Gasteiger partial charge in [0.25, 0.3) is 5.24 Å². The van der Waals surface area contributed by atoms with Crippen molar-refractivity contribution in [1.82, 2.24) is 14.7 Å². The molecule has 1 aromatic heterocycles. The number of hydrogen-bond acceptors (Lipinski definition) is 4. The maximum Gasteiger partial charge on any atom is 0.282 e. The van der Waals surface area contributed by atoms with Gasteiger partial charge in [0.1, 0.15) is 12.4 Å². The quantitative estimate of drug-likeness (QED) is 0.914. The zero-order chi connectivity index (χ0) is 16.2. The van der Waals surface area contributed by atoms with Gasteiger partial charge < -0.3 is 10.2 Å². The first-order chi connectivity index (χ1) is 11.1. The summed E-state index contributed by atoms with van der Waals surface area (Å²) in [4.78, 5) is 25.2. The molecule has 2 heterocycles. The molecule has 1 aliphatic heterocycles. The molecule has 2 amide bonds. The minimum Gasteiger partial charge on any atom is -0.323 e. The van der Waals surface area contributed by atoms with E-state index in [1.54, 1.807) is 21.8 Å². The van der Waals surface area contributed by atoms with E-state index < -0.39 is 0 Å². The average Bonchev–Trinajstić information content (AvgIpc) is 3.09. The van der Waals surface area contributed by atoms with Crippen molar-refractivity contribution in [2.24, 2.45) is 0 Å². The predicted molar refractivity (Wildman–Crippen MR) is 90.6 cm³/mol. The number of aromatic nitrogens is 2. The van der Waals surface area contributed by atoms with E-state index in [1.807, 2.05) is 25.1 Å². The van der Waals surface area contributed by atoms with Crippen LogP contribution >= 0.6 is 11.8 Å². The van der Waals surface area contributed by atoms with Crippen molar-refractivity contribution in [2.45, 2.75) is 13.5 Å². The van der Waals surface area contributed by atoms with Gasteiger partial charge in [-0.15, -0.1) is 0 Å². The fraction of sp³-hybridized carbons (Fsp3) is 0.312. The van der Waals surface area contributed by atoms with Crippen molar-refractivity contribution in [3.63, 3.8) is 0 Å². The maximum atomic E-state index is 12.1. The Hall–Kier alpha value is -2.28. The summed E-state index contributed by atoms with van der Waals surface area (Å²) in [6.07, 6.45) is 1.66. The van der Waals surface area contributed by atoms with Crippen molar-refractivity contribution < 1.29 is 9.59 Å². The van der Waals surface area contributed by atoms with Crippen molar-refractivity contribution in [1.29, 1.82) is 0 Å². The Morgan fingerprint density at radius 3 is 3.00 bits per heavy atom. The molecule has 23 heavy (non-hydrogen) atoms. The van der Waals surface area contributed by atoms with E-state index in [0.717, 1.165) is 11.3 Å². The summed E-state index contributed by atoms with van der Waals surface area (Å²) in [5, 5.41) is 7.06. The Kier molecular flexibility index (Phi) is 4.66. The Morgan fingerprint density at radius 2 is 2.26 bits per heavy atom. The molecule has 7 heteroatoms. The van der Waals surface area contributed by atoms with Gasteiger partial charge >= 0.3 is 0 Å². The number of nitrogens with one attached hydrogen (secondary N) is 1. The third-order valence-electron chi connectivity index (χ3n) is 3.58. The van der Waals surface area contributed by atoms with Crippen molar-refractivity contribution >= 4 is 28.7 Å². The molecular weight excluding hydrogens is 312 g/mol. The first-order valence-corrected chi connectivity index (χ1v) is 8.39. The number of aryl methyl sites for hydroxylation is 1. The van der Waals surface area contributed by atoms with E-state index in [2.05, 4.69) is 16.5 Å². The Balaban J connectivity index is 1.64. The first-order valence-electron chi connectivity index (χ1n) is 7.41. The topological polar surface area (TPSA) is 67.2 Å². The lowest BCUT2D eigenvalue weighted by atomic mass is 10.1. The highest BCUT2D eigenvalue weighted by atomic mass is 32.2. The lowest BCUT2D eigenvalue weighted by molar-refractivity contribution is -0.116. The minimum atomic E-state index is -0.202. The molecule has 0 spiro atoms. The normalized spacial score (nSPS) is 14.3. The van der Waals surface area contributed by atoms with Crippen LogP contribution in [0.4, 0.5) is 10.6 Å². The molecule has 0 unspecified atom stereocenters. The molecule has 6 nitrogen and oxygen atoms in total. The maximum absolute atomic E-state index is 12.1. The fourth-order valence-electron chi connectivity index (χ4n) is 2.47. The number of thioether (sulfide) groups is 1. The monoisotopic (exact) mass is 330 g/mol. The van der Waals surface area contributed by atoms with E-state index in [1.165, 1.54) is 17.3 Å². The SMILES string of the molecule is Cc1cccc(Cn2nccc2NC(=O)CN2CCSC2=O)c1. The highest BCUT2D eigenvalue weighted by molar-refractivity contribution is 8.13. The molecule has 1 fully saturated rings. The number of rotatable bonds is 5. The summed E-state index contributed by atoms with van der Waals surface area (Å²) in [7, 11) is 0. The van der Waals surface area contributed by atoms with E-state index in [4.69, 9.17) is 0 Å². The van der Waals surface area contributed by atoms with E-state index in [9.17, 15) is 9.59 Å². The second-order valence-electron chi connectivity index (χ2n) is 5.45. The van der Waals surface area contributed by atoms with E-state index in [-0.39, 0.29) is 17.7 Å². The Bertz CT molecular complexity index is 728. The van der Waals surface area contributed by atoms with Crippen molar-refractivity contribution in [2.75, 3.05) is 24.2 Å². The number of amides is 2.